The number of carboxylic acids is 1. The summed E-state index contributed by atoms with van der Waals surface area (Å²) >= 11 is 0. The van der Waals surface area contributed by atoms with Crippen LogP contribution in [0.1, 0.15) is 13.3 Å². The van der Waals surface area contributed by atoms with Crippen LogP contribution in [0, 0.1) is 0 Å². The van der Waals surface area contributed by atoms with Crippen molar-refractivity contribution >= 4 is 11.7 Å². The highest BCUT2D eigenvalue weighted by Gasteiger charge is 2.15. The van der Waals surface area contributed by atoms with Gasteiger partial charge in [-0.05, 0) is 25.5 Å². The second kappa shape index (κ2) is 5.31. The summed E-state index contributed by atoms with van der Waals surface area (Å²) < 4.78 is 0. The first-order valence-corrected chi connectivity index (χ1v) is 4.74. The van der Waals surface area contributed by atoms with Crippen molar-refractivity contribution in [3.05, 3.63) is 24.5 Å². The van der Waals surface area contributed by atoms with Crippen molar-refractivity contribution in [2.75, 3.05) is 5.32 Å². The maximum Gasteiger partial charge on any atom is 0.320 e. The molecule has 4 N–H and O–H groups in total. The van der Waals surface area contributed by atoms with E-state index in [-0.39, 0.29) is 6.04 Å². The van der Waals surface area contributed by atoms with Crippen LogP contribution >= 0.6 is 0 Å². The molecule has 0 fully saturated rings. The third kappa shape index (κ3) is 3.95. The normalized spacial score (nSPS) is 14.3. The molecule has 0 aliphatic carbocycles. The number of pyridine rings is 1. The summed E-state index contributed by atoms with van der Waals surface area (Å²) in [6.07, 6.45) is 3.73. The van der Waals surface area contributed by atoms with Crippen molar-refractivity contribution in [1.29, 1.82) is 0 Å². The number of rotatable bonds is 5. The molecule has 0 aromatic carbocycles. The molecule has 1 aromatic heterocycles. The number of aliphatic carboxylic acids is 1. The van der Waals surface area contributed by atoms with Gasteiger partial charge >= 0.3 is 5.97 Å². The van der Waals surface area contributed by atoms with Gasteiger partial charge in [0, 0.05) is 24.1 Å². The molecule has 0 bridgehead atoms. The average molecular weight is 209 g/mol. The Morgan fingerprint density at radius 3 is 2.73 bits per heavy atom. The van der Waals surface area contributed by atoms with Crippen molar-refractivity contribution in [3.63, 3.8) is 0 Å². The fraction of sp³-hybridized carbons (Fsp3) is 0.400. The monoisotopic (exact) mass is 209 g/mol. The lowest BCUT2D eigenvalue weighted by Gasteiger charge is -2.16. The Hall–Kier alpha value is -1.62. The molecule has 5 heteroatoms. The topological polar surface area (TPSA) is 88.2 Å². The first-order chi connectivity index (χ1) is 7.09. The van der Waals surface area contributed by atoms with E-state index in [9.17, 15) is 4.79 Å². The van der Waals surface area contributed by atoms with Crippen LogP contribution in [0.2, 0.25) is 0 Å². The first-order valence-electron chi connectivity index (χ1n) is 4.74. The minimum Gasteiger partial charge on any atom is -0.480 e. The van der Waals surface area contributed by atoms with Crippen LogP contribution in [0.15, 0.2) is 24.5 Å². The Balaban J connectivity index is 2.43. The Labute approximate surface area is 88.3 Å². The van der Waals surface area contributed by atoms with Crippen molar-refractivity contribution in [1.82, 2.24) is 4.98 Å². The van der Waals surface area contributed by atoms with E-state index in [1.807, 2.05) is 19.1 Å². The van der Waals surface area contributed by atoms with Crippen LogP contribution in [-0.4, -0.2) is 28.1 Å². The molecule has 0 saturated carbocycles. The molecular formula is C10H15N3O2. The number of carboxylic acid groups (broad SMARTS) is 1. The lowest BCUT2D eigenvalue weighted by atomic mass is 10.1. The van der Waals surface area contributed by atoms with Gasteiger partial charge in [0.25, 0.3) is 0 Å². The SMILES string of the molecule is CC(CC(N)C(=O)O)Nc1ccncc1. The standard InChI is InChI=1S/C10H15N3O2/c1-7(6-9(11)10(14)15)13-8-2-4-12-5-3-8/h2-5,7,9H,6,11H2,1H3,(H,12,13)(H,14,15). The number of nitrogens with one attached hydrogen (secondary N) is 1. The molecule has 2 unspecified atom stereocenters. The zero-order valence-corrected chi connectivity index (χ0v) is 8.55. The molecule has 2 atom stereocenters. The second-order valence-corrected chi connectivity index (χ2v) is 3.46. The van der Waals surface area contributed by atoms with Crippen molar-refractivity contribution < 1.29 is 9.90 Å². The van der Waals surface area contributed by atoms with Gasteiger partial charge in [0.05, 0.1) is 0 Å². The number of hydrogen-bond acceptors (Lipinski definition) is 4. The average Bonchev–Trinajstić information content (AvgIpc) is 2.18. The quantitative estimate of drug-likeness (QED) is 0.663. The molecule has 15 heavy (non-hydrogen) atoms. The van der Waals surface area contributed by atoms with Gasteiger partial charge in [-0.2, -0.15) is 0 Å². The lowest BCUT2D eigenvalue weighted by molar-refractivity contribution is -0.138. The van der Waals surface area contributed by atoms with E-state index in [2.05, 4.69) is 10.3 Å². The van der Waals surface area contributed by atoms with Gasteiger partial charge in [0.15, 0.2) is 0 Å². The molecule has 0 amide bonds. The summed E-state index contributed by atoms with van der Waals surface area (Å²) in [7, 11) is 0. The molecule has 0 saturated heterocycles. The van der Waals surface area contributed by atoms with Crippen LogP contribution in [0.3, 0.4) is 0 Å². The third-order valence-electron chi connectivity index (χ3n) is 2.02. The van der Waals surface area contributed by atoms with Crippen molar-refractivity contribution in [2.45, 2.75) is 25.4 Å². The third-order valence-corrected chi connectivity index (χ3v) is 2.02. The second-order valence-electron chi connectivity index (χ2n) is 3.46. The summed E-state index contributed by atoms with van der Waals surface area (Å²) in [6.45, 7) is 1.89. The fourth-order valence-electron chi connectivity index (χ4n) is 1.27. The van der Waals surface area contributed by atoms with E-state index >= 15 is 0 Å². The number of carbonyl (C=O) groups is 1. The largest absolute Gasteiger partial charge is 0.480 e. The minimum atomic E-state index is -0.974. The molecule has 0 aliphatic heterocycles. The van der Waals surface area contributed by atoms with Gasteiger partial charge in [0.2, 0.25) is 0 Å². The molecule has 5 nitrogen and oxygen atoms in total. The summed E-state index contributed by atoms with van der Waals surface area (Å²) in [5.74, 6) is -0.974. The lowest BCUT2D eigenvalue weighted by Crippen LogP contribution is -2.35. The Kier molecular flexibility index (Phi) is 4.05. The van der Waals surface area contributed by atoms with Gasteiger partial charge in [-0.25, -0.2) is 0 Å². The zero-order valence-electron chi connectivity index (χ0n) is 8.55. The number of anilines is 1. The predicted octanol–water partition coefficient (Wildman–Crippen LogP) is 0.684. The van der Waals surface area contributed by atoms with Crippen LogP contribution in [0.4, 0.5) is 5.69 Å². The van der Waals surface area contributed by atoms with Gasteiger partial charge in [-0.3, -0.25) is 9.78 Å². The summed E-state index contributed by atoms with van der Waals surface area (Å²) in [4.78, 5) is 14.4. The Morgan fingerprint density at radius 2 is 2.20 bits per heavy atom. The molecule has 82 valence electrons. The Morgan fingerprint density at radius 1 is 1.60 bits per heavy atom. The van der Waals surface area contributed by atoms with Gasteiger partial charge in [0.1, 0.15) is 6.04 Å². The van der Waals surface area contributed by atoms with E-state index in [1.165, 1.54) is 0 Å². The highest BCUT2D eigenvalue weighted by molar-refractivity contribution is 5.73. The number of hydrogen-bond donors (Lipinski definition) is 3. The Bertz CT molecular complexity index is 316. The van der Waals surface area contributed by atoms with E-state index in [0.717, 1.165) is 5.69 Å². The van der Waals surface area contributed by atoms with Crippen LogP contribution < -0.4 is 11.1 Å². The maximum atomic E-state index is 10.5. The summed E-state index contributed by atoms with van der Waals surface area (Å²) in [5, 5.41) is 11.8. The molecule has 1 heterocycles. The molecule has 1 rings (SSSR count). The number of aromatic nitrogens is 1. The summed E-state index contributed by atoms with van der Waals surface area (Å²) in [6, 6.07) is 2.83. The predicted molar refractivity (Wildman–Crippen MR) is 57.5 cm³/mol. The highest BCUT2D eigenvalue weighted by Crippen LogP contribution is 2.08. The number of nitrogens with two attached hydrogens (primary N) is 1. The summed E-state index contributed by atoms with van der Waals surface area (Å²) in [5.41, 5.74) is 6.33. The van der Waals surface area contributed by atoms with E-state index < -0.39 is 12.0 Å². The van der Waals surface area contributed by atoms with Gasteiger partial charge in [-0.1, -0.05) is 0 Å². The number of nitrogens with zero attached hydrogens (tertiary/aromatic N) is 1. The molecular weight excluding hydrogens is 194 g/mol. The zero-order chi connectivity index (χ0) is 11.3. The molecule has 0 aliphatic rings. The van der Waals surface area contributed by atoms with E-state index in [0.29, 0.717) is 6.42 Å². The highest BCUT2D eigenvalue weighted by atomic mass is 16.4. The fourth-order valence-corrected chi connectivity index (χ4v) is 1.27. The van der Waals surface area contributed by atoms with Gasteiger partial charge < -0.3 is 16.2 Å². The molecule has 0 radical (unpaired) electrons. The van der Waals surface area contributed by atoms with Gasteiger partial charge in [-0.15, -0.1) is 0 Å². The van der Waals surface area contributed by atoms with Crippen LogP contribution in [-0.2, 0) is 4.79 Å². The first kappa shape index (κ1) is 11.5. The van der Waals surface area contributed by atoms with Crippen LogP contribution in [0.25, 0.3) is 0 Å². The van der Waals surface area contributed by atoms with E-state index in [4.69, 9.17) is 10.8 Å². The molecule has 1 aromatic rings. The van der Waals surface area contributed by atoms with E-state index in [1.54, 1.807) is 12.4 Å². The van der Waals surface area contributed by atoms with Crippen molar-refractivity contribution in [2.24, 2.45) is 5.73 Å². The van der Waals surface area contributed by atoms with Crippen LogP contribution in [0.5, 0.6) is 0 Å². The smallest absolute Gasteiger partial charge is 0.320 e. The van der Waals surface area contributed by atoms with Crippen molar-refractivity contribution in [3.8, 4) is 0 Å². The molecule has 0 spiro atoms. The maximum absolute atomic E-state index is 10.5. The minimum absolute atomic E-state index is 0.0125.